The fourth-order valence-corrected chi connectivity index (χ4v) is 7.33. The molecule has 42 heavy (non-hydrogen) atoms. The van der Waals surface area contributed by atoms with Crippen LogP contribution in [0.25, 0.3) is 0 Å². The van der Waals surface area contributed by atoms with Gasteiger partial charge < -0.3 is 20.1 Å². The molecule has 0 aliphatic rings. The molecule has 3 unspecified atom stereocenters. The first-order valence-corrected chi connectivity index (χ1v) is 16.6. The monoisotopic (exact) mass is 630 g/mol. The van der Waals surface area contributed by atoms with E-state index in [4.69, 9.17) is 22.1 Å². The van der Waals surface area contributed by atoms with E-state index in [0.717, 1.165) is 28.2 Å². The summed E-state index contributed by atoms with van der Waals surface area (Å²) in [6, 6.07) is 22.4. The number of carbonyl (C=O) groups is 1. The second-order valence-corrected chi connectivity index (χ2v) is 14.1. The van der Waals surface area contributed by atoms with Crippen LogP contribution in [0, 0.1) is 6.92 Å². The number of nitrogens with one attached hydrogen (secondary N) is 2. The Hall–Kier alpha value is -2.66. The molecule has 0 saturated heterocycles. The maximum Gasteiger partial charge on any atom is 0.233 e. The molecule has 3 aromatic rings. The minimum absolute atomic E-state index is 0.0376. The van der Waals surface area contributed by atoms with Gasteiger partial charge in [-0.2, -0.15) is 25.3 Å². The van der Waals surface area contributed by atoms with Gasteiger partial charge in [0.2, 0.25) is 5.91 Å². The summed E-state index contributed by atoms with van der Waals surface area (Å²) in [7, 11) is -0.350. The van der Waals surface area contributed by atoms with Crippen molar-refractivity contribution in [1.82, 2.24) is 10.6 Å². The Morgan fingerprint density at radius 1 is 0.810 bits per heavy atom. The number of ether oxygens (including phenoxy) is 2. The largest absolute Gasteiger partial charge is 0.497 e. The minimum atomic E-state index is -3.60. The summed E-state index contributed by atoms with van der Waals surface area (Å²) in [5.74, 6) is 1.41. The molecule has 3 aromatic carbocycles. The van der Waals surface area contributed by atoms with Crippen molar-refractivity contribution in [3.05, 3.63) is 89.5 Å². The Morgan fingerprint density at radius 2 is 1.33 bits per heavy atom. The zero-order chi connectivity index (χ0) is 30.5. The molecular weight excluding hydrogens is 589 g/mol. The summed E-state index contributed by atoms with van der Waals surface area (Å²) >= 11 is 9.37. The van der Waals surface area contributed by atoms with Crippen LogP contribution >= 0.6 is 25.3 Å². The molecule has 0 aliphatic carbocycles. The molecule has 0 radical (unpaired) electrons. The Labute approximate surface area is 261 Å². The number of benzene rings is 3. The van der Waals surface area contributed by atoms with E-state index in [1.165, 1.54) is 0 Å². The molecule has 0 saturated carbocycles. The fraction of sp³-hybridized carbons (Fsp3) is 0.406. The van der Waals surface area contributed by atoms with Gasteiger partial charge in [0.25, 0.3) is 0 Å². The SMILES string of the molecule is COc1ccc(CC(S)CNC(=O)CNCCC(CC(S)Cc2ccc(OC)cc2)S(=O)(=O)c2ccc(C)cc2)cc1. The number of thiol groups is 2. The highest BCUT2D eigenvalue weighted by atomic mass is 32.2. The normalized spacial score (nSPS) is 13.6. The Kier molecular flexibility index (Phi) is 13.6. The maximum absolute atomic E-state index is 13.6. The summed E-state index contributed by atoms with van der Waals surface area (Å²) < 4.78 is 37.7. The number of aryl methyl sites for hydroxylation is 1. The smallest absolute Gasteiger partial charge is 0.233 e. The van der Waals surface area contributed by atoms with Crippen LogP contribution in [-0.4, -0.2) is 63.9 Å². The van der Waals surface area contributed by atoms with Crippen molar-refractivity contribution < 1.29 is 22.7 Å². The van der Waals surface area contributed by atoms with Gasteiger partial charge in [0.1, 0.15) is 11.5 Å². The highest BCUT2D eigenvalue weighted by molar-refractivity contribution is 7.92. The average Bonchev–Trinajstić information content (AvgIpc) is 2.98. The molecule has 3 atom stereocenters. The quantitative estimate of drug-likeness (QED) is 0.127. The van der Waals surface area contributed by atoms with E-state index in [0.29, 0.717) is 43.7 Å². The third-order valence-electron chi connectivity index (χ3n) is 7.05. The van der Waals surface area contributed by atoms with Crippen molar-refractivity contribution in [2.45, 2.75) is 53.3 Å². The van der Waals surface area contributed by atoms with E-state index in [1.54, 1.807) is 26.4 Å². The second kappa shape index (κ2) is 16.8. The van der Waals surface area contributed by atoms with Gasteiger partial charge in [0.15, 0.2) is 9.84 Å². The molecule has 0 aliphatic heterocycles. The van der Waals surface area contributed by atoms with E-state index in [2.05, 4.69) is 23.3 Å². The number of methoxy groups -OCH3 is 2. The van der Waals surface area contributed by atoms with Gasteiger partial charge in [-0.1, -0.05) is 42.0 Å². The van der Waals surface area contributed by atoms with Crippen molar-refractivity contribution in [2.75, 3.05) is 33.9 Å². The van der Waals surface area contributed by atoms with Crippen LogP contribution in [0.3, 0.4) is 0 Å². The zero-order valence-corrected chi connectivity index (χ0v) is 27.1. The highest BCUT2D eigenvalue weighted by Crippen LogP contribution is 2.26. The number of rotatable bonds is 17. The third-order valence-corrected chi connectivity index (χ3v) is 10.0. The molecule has 0 spiro atoms. The second-order valence-electron chi connectivity index (χ2n) is 10.4. The van der Waals surface area contributed by atoms with Gasteiger partial charge in [-0.05, 0) is 86.7 Å². The van der Waals surface area contributed by atoms with Gasteiger partial charge >= 0.3 is 0 Å². The van der Waals surface area contributed by atoms with Crippen molar-refractivity contribution in [2.24, 2.45) is 0 Å². The predicted octanol–water partition coefficient (Wildman–Crippen LogP) is 4.72. The lowest BCUT2D eigenvalue weighted by Gasteiger charge is -2.22. The van der Waals surface area contributed by atoms with Crippen molar-refractivity contribution >= 4 is 41.0 Å². The third kappa shape index (κ3) is 10.9. The average molecular weight is 631 g/mol. The van der Waals surface area contributed by atoms with E-state index >= 15 is 0 Å². The molecule has 0 fully saturated rings. The number of hydrogen-bond acceptors (Lipinski definition) is 8. The first-order chi connectivity index (χ1) is 20.1. The number of carbonyl (C=O) groups excluding carboxylic acids is 1. The van der Waals surface area contributed by atoms with Gasteiger partial charge in [-0.3, -0.25) is 4.79 Å². The summed E-state index contributed by atoms with van der Waals surface area (Å²) in [4.78, 5) is 12.7. The molecule has 10 heteroatoms. The summed E-state index contributed by atoms with van der Waals surface area (Å²) in [6.07, 6.45) is 2.08. The van der Waals surface area contributed by atoms with Gasteiger partial charge in [0, 0.05) is 17.0 Å². The van der Waals surface area contributed by atoms with Crippen LogP contribution < -0.4 is 20.1 Å². The van der Waals surface area contributed by atoms with Gasteiger partial charge in [-0.25, -0.2) is 8.42 Å². The number of hydrogen-bond donors (Lipinski definition) is 4. The van der Waals surface area contributed by atoms with E-state index < -0.39 is 15.1 Å². The van der Waals surface area contributed by atoms with Crippen molar-refractivity contribution in [1.29, 1.82) is 0 Å². The molecule has 228 valence electrons. The summed E-state index contributed by atoms with van der Waals surface area (Å²) in [5, 5.41) is 5.17. The summed E-state index contributed by atoms with van der Waals surface area (Å²) in [6.45, 7) is 2.82. The molecule has 0 heterocycles. The molecule has 0 bridgehead atoms. The van der Waals surface area contributed by atoms with Crippen LogP contribution in [0.1, 0.15) is 29.5 Å². The Morgan fingerprint density at radius 3 is 1.86 bits per heavy atom. The highest BCUT2D eigenvalue weighted by Gasteiger charge is 2.29. The van der Waals surface area contributed by atoms with Crippen LogP contribution in [0.15, 0.2) is 77.7 Å². The minimum Gasteiger partial charge on any atom is -0.497 e. The lowest BCUT2D eigenvalue weighted by molar-refractivity contribution is -0.120. The Balaban J connectivity index is 1.52. The van der Waals surface area contributed by atoms with Crippen LogP contribution in [-0.2, 0) is 27.5 Å². The van der Waals surface area contributed by atoms with Crippen LogP contribution in [0.4, 0.5) is 0 Å². The van der Waals surface area contributed by atoms with Crippen LogP contribution in [0.2, 0.25) is 0 Å². The van der Waals surface area contributed by atoms with Crippen molar-refractivity contribution in [3.8, 4) is 11.5 Å². The first kappa shape index (κ1) is 33.8. The van der Waals surface area contributed by atoms with Gasteiger partial charge in [-0.15, -0.1) is 0 Å². The number of amides is 1. The first-order valence-electron chi connectivity index (χ1n) is 14.0. The number of sulfone groups is 1. The lowest BCUT2D eigenvalue weighted by Crippen LogP contribution is -2.38. The summed E-state index contributed by atoms with van der Waals surface area (Å²) in [5.41, 5.74) is 3.17. The Bertz CT molecular complexity index is 1350. The molecule has 3 rings (SSSR count). The topological polar surface area (TPSA) is 93.7 Å². The van der Waals surface area contributed by atoms with E-state index in [-0.39, 0.29) is 23.0 Å². The van der Waals surface area contributed by atoms with E-state index in [1.807, 2.05) is 67.6 Å². The van der Waals surface area contributed by atoms with E-state index in [9.17, 15) is 13.2 Å². The molecule has 7 nitrogen and oxygen atoms in total. The molecular formula is C32H42N2O5S3. The molecule has 0 aromatic heterocycles. The zero-order valence-electron chi connectivity index (χ0n) is 24.5. The standard InChI is InChI=1S/C32H42N2O5S3/c1-23-4-14-30(15-5-23)42(36,37)31(20-28(40)18-24-6-10-26(38-2)11-7-24)16-17-33-22-32(35)34-21-29(41)19-25-8-12-27(39-3)13-9-25/h4-15,28-29,31,33,40-41H,16-22H2,1-3H3,(H,34,35). The predicted molar refractivity (Wildman–Crippen MR) is 176 cm³/mol. The van der Waals surface area contributed by atoms with Crippen LogP contribution in [0.5, 0.6) is 11.5 Å². The van der Waals surface area contributed by atoms with Gasteiger partial charge in [0.05, 0.1) is 30.9 Å². The maximum atomic E-state index is 13.6. The molecule has 1 amide bonds. The fourth-order valence-electron chi connectivity index (χ4n) is 4.61. The molecule has 2 N–H and O–H groups in total. The van der Waals surface area contributed by atoms with Crippen molar-refractivity contribution in [3.63, 3.8) is 0 Å². The lowest BCUT2D eigenvalue weighted by atomic mass is 10.0.